The van der Waals surface area contributed by atoms with E-state index in [0.717, 1.165) is 26.3 Å². The van der Waals surface area contributed by atoms with Gasteiger partial charge >= 0.3 is 5.69 Å². The van der Waals surface area contributed by atoms with Gasteiger partial charge < -0.3 is 10.6 Å². The van der Waals surface area contributed by atoms with Gasteiger partial charge in [0, 0.05) is 22.8 Å². The van der Waals surface area contributed by atoms with Crippen molar-refractivity contribution in [1.29, 1.82) is 0 Å². The molecule has 0 aliphatic heterocycles. The molecule has 41 heavy (non-hydrogen) atoms. The highest BCUT2D eigenvalue weighted by Gasteiger charge is 2.19. The number of fused-ring (bicyclic) bond motifs is 1. The zero-order valence-electron chi connectivity index (χ0n) is 21.9. The maximum atomic E-state index is 13.7. The number of hydrogen-bond acceptors (Lipinski definition) is 4. The number of nitrogens with zero attached hydrogens (tertiary/aromatic N) is 2. The predicted octanol–water partition coefficient (Wildman–Crippen LogP) is 4.82. The molecular weight excluding hydrogens is 547 g/mol. The topological polar surface area (TPSA) is 102 Å². The summed E-state index contributed by atoms with van der Waals surface area (Å²) in [5.74, 6) is -1.62. The van der Waals surface area contributed by atoms with Gasteiger partial charge in [-0.1, -0.05) is 53.6 Å². The van der Waals surface area contributed by atoms with Crippen molar-refractivity contribution in [3.8, 4) is 5.69 Å². The van der Waals surface area contributed by atoms with Crippen molar-refractivity contribution in [1.82, 2.24) is 14.5 Å². The molecule has 0 bridgehead atoms. The fourth-order valence-electron chi connectivity index (χ4n) is 4.41. The van der Waals surface area contributed by atoms with E-state index in [1.54, 1.807) is 48.5 Å². The molecular formula is C31H24ClFN4O4. The number of halogens is 2. The van der Waals surface area contributed by atoms with E-state index in [2.05, 4.69) is 10.6 Å². The van der Waals surface area contributed by atoms with Crippen molar-refractivity contribution in [2.75, 3.05) is 5.32 Å². The van der Waals surface area contributed by atoms with Crippen LogP contribution in [0.5, 0.6) is 0 Å². The molecule has 5 aromatic rings. The molecule has 8 nitrogen and oxygen atoms in total. The maximum absolute atomic E-state index is 13.7. The Morgan fingerprint density at radius 2 is 1.66 bits per heavy atom. The van der Waals surface area contributed by atoms with Crippen molar-refractivity contribution in [2.45, 2.75) is 20.0 Å². The van der Waals surface area contributed by atoms with E-state index in [9.17, 15) is 23.6 Å². The minimum Gasteiger partial charge on any atom is -0.348 e. The van der Waals surface area contributed by atoms with Crippen molar-refractivity contribution < 1.29 is 14.0 Å². The second-order valence-electron chi connectivity index (χ2n) is 9.41. The molecule has 10 heteroatoms. The number of aryl methyl sites for hydroxylation is 1. The molecule has 0 spiro atoms. The molecule has 0 aliphatic carbocycles. The van der Waals surface area contributed by atoms with Gasteiger partial charge in [0.2, 0.25) is 5.91 Å². The first-order valence-electron chi connectivity index (χ1n) is 12.6. The van der Waals surface area contributed by atoms with Gasteiger partial charge in [0.15, 0.2) is 0 Å². The predicted molar refractivity (Wildman–Crippen MR) is 156 cm³/mol. The molecule has 0 saturated carbocycles. The van der Waals surface area contributed by atoms with Gasteiger partial charge in [0.1, 0.15) is 12.4 Å². The molecule has 2 amide bonds. The van der Waals surface area contributed by atoms with Gasteiger partial charge in [-0.2, -0.15) is 0 Å². The fraction of sp³-hybridized carbons (Fsp3) is 0.0968. The van der Waals surface area contributed by atoms with E-state index >= 15 is 0 Å². The van der Waals surface area contributed by atoms with Gasteiger partial charge in [-0.25, -0.2) is 13.8 Å². The number of anilines is 1. The number of amides is 2. The largest absolute Gasteiger partial charge is 0.348 e. The number of benzene rings is 4. The lowest BCUT2D eigenvalue weighted by atomic mass is 10.1. The van der Waals surface area contributed by atoms with Crippen LogP contribution in [-0.2, 0) is 17.9 Å². The fourth-order valence-corrected chi connectivity index (χ4v) is 4.61. The highest BCUT2D eigenvalue weighted by atomic mass is 35.5. The van der Waals surface area contributed by atoms with Crippen molar-refractivity contribution in [3.63, 3.8) is 0 Å². The van der Waals surface area contributed by atoms with Gasteiger partial charge in [0.25, 0.3) is 11.5 Å². The minimum absolute atomic E-state index is 0.100. The summed E-state index contributed by atoms with van der Waals surface area (Å²) in [4.78, 5) is 53.3. The van der Waals surface area contributed by atoms with Crippen LogP contribution in [0.3, 0.4) is 0 Å². The smallest absolute Gasteiger partial charge is 0.336 e. The second kappa shape index (κ2) is 11.6. The molecule has 0 saturated heterocycles. The summed E-state index contributed by atoms with van der Waals surface area (Å²) in [7, 11) is 0. The summed E-state index contributed by atoms with van der Waals surface area (Å²) >= 11 is 6.19. The molecule has 206 valence electrons. The third-order valence-corrected chi connectivity index (χ3v) is 6.87. The van der Waals surface area contributed by atoms with Crippen molar-refractivity contribution in [2.24, 2.45) is 0 Å². The van der Waals surface area contributed by atoms with Crippen LogP contribution < -0.4 is 21.9 Å². The highest BCUT2D eigenvalue weighted by molar-refractivity contribution is 6.31. The summed E-state index contributed by atoms with van der Waals surface area (Å²) in [5, 5.41) is 5.98. The molecule has 1 heterocycles. The molecule has 1 aromatic heterocycles. The van der Waals surface area contributed by atoms with E-state index in [1.807, 2.05) is 6.92 Å². The average Bonchev–Trinajstić information content (AvgIpc) is 2.95. The number of carbonyl (C=O) groups is 2. The molecule has 5 rings (SSSR count). The number of hydrogen-bond donors (Lipinski definition) is 2. The average molecular weight is 571 g/mol. The van der Waals surface area contributed by atoms with Gasteiger partial charge in [-0.15, -0.1) is 0 Å². The standard InChI is InChI=1S/C31H24ClFN4O4/c1-19-9-12-24(13-10-19)37-30(40)25-14-11-20(29(39)34-17-21-5-2-3-8-26(21)32)15-27(25)36(31(37)41)18-28(38)35-23-7-4-6-22(33)16-23/h2-16H,17-18H2,1H3,(H,34,39)(H,35,38). The molecule has 4 aromatic carbocycles. The summed E-state index contributed by atoms with van der Waals surface area (Å²) in [6.07, 6.45) is 0. The second-order valence-corrected chi connectivity index (χ2v) is 9.82. The van der Waals surface area contributed by atoms with Crippen LogP contribution in [0.4, 0.5) is 10.1 Å². The lowest BCUT2D eigenvalue weighted by molar-refractivity contribution is -0.116. The Labute approximate surface area is 238 Å². The number of aromatic nitrogens is 2. The third-order valence-electron chi connectivity index (χ3n) is 6.51. The zero-order chi connectivity index (χ0) is 29.1. The first-order valence-corrected chi connectivity index (χ1v) is 13.0. The number of nitrogens with one attached hydrogen (secondary N) is 2. The van der Waals surface area contributed by atoms with Crippen LogP contribution in [0.1, 0.15) is 21.5 Å². The minimum atomic E-state index is -0.769. The Balaban J connectivity index is 1.57. The van der Waals surface area contributed by atoms with E-state index in [0.29, 0.717) is 10.7 Å². The Morgan fingerprint density at radius 3 is 2.39 bits per heavy atom. The number of rotatable bonds is 7. The summed E-state index contributed by atoms with van der Waals surface area (Å²) < 4.78 is 15.8. The quantitative estimate of drug-likeness (QED) is 0.293. The van der Waals surface area contributed by atoms with Crippen LogP contribution in [0.15, 0.2) is 101 Å². The van der Waals surface area contributed by atoms with E-state index in [1.165, 1.54) is 36.4 Å². The third kappa shape index (κ3) is 5.95. The van der Waals surface area contributed by atoms with Crippen LogP contribution in [-0.4, -0.2) is 20.9 Å². The highest BCUT2D eigenvalue weighted by Crippen LogP contribution is 2.17. The van der Waals surface area contributed by atoms with E-state index < -0.39 is 35.4 Å². The van der Waals surface area contributed by atoms with Crippen LogP contribution in [0.2, 0.25) is 5.02 Å². The zero-order valence-corrected chi connectivity index (χ0v) is 22.6. The Morgan fingerprint density at radius 1 is 0.902 bits per heavy atom. The Bertz CT molecular complexity index is 1920. The first-order chi connectivity index (χ1) is 19.7. The van der Waals surface area contributed by atoms with Crippen molar-refractivity contribution in [3.05, 3.63) is 139 Å². The normalized spacial score (nSPS) is 10.9. The Kier molecular flexibility index (Phi) is 7.80. The van der Waals surface area contributed by atoms with E-state index in [4.69, 9.17) is 11.6 Å². The van der Waals surface area contributed by atoms with Gasteiger partial charge in [0.05, 0.1) is 16.6 Å². The van der Waals surface area contributed by atoms with Crippen LogP contribution in [0.25, 0.3) is 16.6 Å². The monoisotopic (exact) mass is 570 g/mol. The van der Waals surface area contributed by atoms with Crippen LogP contribution >= 0.6 is 11.6 Å². The SMILES string of the molecule is Cc1ccc(-n2c(=O)c3ccc(C(=O)NCc4ccccc4Cl)cc3n(CC(=O)Nc3cccc(F)c3)c2=O)cc1. The lowest BCUT2D eigenvalue weighted by Gasteiger charge is -2.15. The van der Waals surface area contributed by atoms with Gasteiger partial charge in [-0.05, 0) is 67.1 Å². The first kappa shape index (κ1) is 27.5. The van der Waals surface area contributed by atoms with Crippen molar-refractivity contribution >= 4 is 40.0 Å². The van der Waals surface area contributed by atoms with E-state index in [-0.39, 0.29) is 28.7 Å². The maximum Gasteiger partial charge on any atom is 0.336 e. The van der Waals surface area contributed by atoms with Crippen LogP contribution in [0, 0.1) is 12.7 Å². The number of carbonyl (C=O) groups excluding carboxylic acids is 2. The summed E-state index contributed by atoms with van der Waals surface area (Å²) in [6.45, 7) is 1.54. The molecule has 0 atom stereocenters. The Hall–Kier alpha value is -5.02. The molecule has 2 N–H and O–H groups in total. The van der Waals surface area contributed by atoms with Gasteiger partial charge in [-0.3, -0.25) is 19.0 Å². The summed E-state index contributed by atoms with van der Waals surface area (Å²) in [5.41, 5.74) is 1.10. The summed E-state index contributed by atoms with van der Waals surface area (Å²) in [6, 6.07) is 23.5. The molecule has 0 fully saturated rings. The molecule has 0 radical (unpaired) electrons. The molecule has 0 aliphatic rings. The lowest BCUT2D eigenvalue weighted by Crippen LogP contribution is -2.41. The molecule has 0 unspecified atom stereocenters.